The summed E-state index contributed by atoms with van der Waals surface area (Å²) in [6.07, 6.45) is -0.414. The molecule has 0 spiro atoms. The van der Waals surface area contributed by atoms with E-state index in [9.17, 15) is 14.4 Å². The van der Waals surface area contributed by atoms with Crippen LogP contribution in [0.15, 0.2) is 0 Å². The SMILES string of the molecule is NC(=O)[C@@H](N)CC(=O)OCC(=O)O. The molecule has 0 saturated heterocycles. The summed E-state index contributed by atoms with van der Waals surface area (Å²) in [5.41, 5.74) is 9.85. The number of esters is 1. The normalized spacial score (nSPS) is 11.8. The number of hydrogen-bond donors (Lipinski definition) is 3. The first-order chi connectivity index (χ1) is 5.93. The van der Waals surface area contributed by atoms with Crippen molar-refractivity contribution in [3.63, 3.8) is 0 Å². The molecular weight excluding hydrogens is 180 g/mol. The van der Waals surface area contributed by atoms with Gasteiger partial charge in [0.05, 0.1) is 12.5 Å². The molecule has 0 heterocycles. The standard InChI is InChI=1S/C6H10N2O5/c7-3(6(8)12)1-5(11)13-2-4(9)10/h3H,1-2,7H2,(H2,8,12)(H,9,10)/t3-/m0/s1. The van der Waals surface area contributed by atoms with Crippen LogP contribution in [-0.4, -0.2) is 35.6 Å². The number of aliphatic carboxylic acids is 1. The zero-order valence-electron chi connectivity index (χ0n) is 6.73. The molecule has 0 aliphatic carbocycles. The summed E-state index contributed by atoms with van der Waals surface area (Å²) < 4.78 is 4.20. The summed E-state index contributed by atoms with van der Waals surface area (Å²) >= 11 is 0. The zero-order valence-corrected chi connectivity index (χ0v) is 6.73. The predicted molar refractivity (Wildman–Crippen MR) is 40.4 cm³/mol. The van der Waals surface area contributed by atoms with Crippen LogP contribution in [0.25, 0.3) is 0 Å². The fraction of sp³-hybridized carbons (Fsp3) is 0.500. The van der Waals surface area contributed by atoms with E-state index in [4.69, 9.17) is 16.6 Å². The third kappa shape index (κ3) is 5.62. The molecule has 1 amide bonds. The van der Waals surface area contributed by atoms with Gasteiger partial charge in [0.2, 0.25) is 5.91 Å². The van der Waals surface area contributed by atoms with Crippen molar-refractivity contribution in [2.24, 2.45) is 11.5 Å². The van der Waals surface area contributed by atoms with Gasteiger partial charge in [0.1, 0.15) is 0 Å². The molecule has 0 rings (SSSR count). The molecule has 13 heavy (non-hydrogen) atoms. The molecule has 0 aromatic heterocycles. The molecule has 5 N–H and O–H groups in total. The van der Waals surface area contributed by atoms with Crippen LogP contribution in [0.4, 0.5) is 0 Å². The van der Waals surface area contributed by atoms with Crippen molar-refractivity contribution in [2.45, 2.75) is 12.5 Å². The Morgan fingerprint density at radius 1 is 1.38 bits per heavy atom. The van der Waals surface area contributed by atoms with Gasteiger partial charge in [0.15, 0.2) is 6.61 Å². The van der Waals surface area contributed by atoms with Crippen LogP contribution in [0, 0.1) is 0 Å². The van der Waals surface area contributed by atoms with Crippen LogP contribution in [-0.2, 0) is 19.1 Å². The second-order valence-corrected chi connectivity index (χ2v) is 2.27. The molecule has 0 aromatic rings. The molecule has 0 unspecified atom stereocenters. The van der Waals surface area contributed by atoms with Crippen LogP contribution in [0.3, 0.4) is 0 Å². The van der Waals surface area contributed by atoms with E-state index < -0.39 is 36.9 Å². The maximum Gasteiger partial charge on any atom is 0.341 e. The van der Waals surface area contributed by atoms with Gasteiger partial charge in [-0.15, -0.1) is 0 Å². The number of carbonyl (C=O) groups excluding carboxylic acids is 2. The molecule has 74 valence electrons. The van der Waals surface area contributed by atoms with Gasteiger partial charge in [-0.25, -0.2) is 4.79 Å². The average Bonchev–Trinajstić information content (AvgIpc) is 2.00. The van der Waals surface area contributed by atoms with E-state index in [0.29, 0.717) is 0 Å². The smallest absolute Gasteiger partial charge is 0.341 e. The first-order valence-corrected chi connectivity index (χ1v) is 3.35. The number of carboxylic acid groups (broad SMARTS) is 1. The number of carbonyl (C=O) groups is 3. The highest BCUT2D eigenvalue weighted by molar-refractivity contribution is 5.85. The van der Waals surface area contributed by atoms with Crippen LogP contribution in [0.2, 0.25) is 0 Å². The molecular formula is C6H10N2O5. The van der Waals surface area contributed by atoms with E-state index in [1.807, 2.05) is 0 Å². The summed E-state index contributed by atoms with van der Waals surface area (Å²) in [6.45, 7) is -0.746. The Labute approximate surface area is 73.6 Å². The average molecular weight is 190 g/mol. The highest BCUT2D eigenvalue weighted by Gasteiger charge is 2.16. The zero-order chi connectivity index (χ0) is 10.4. The lowest BCUT2D eigenvalue weighted by atomic mass is 10.2. The van der Waals surface area contributed by atoms with Crippen LogP contribution in [0.5, 0.6) is 0 Å². The summed E-state index contributed by atoms with van der Waals surface area (Å²) in [6, 6.07) is -1.14. The van der Waals surface area contributed by atoms with E-state index >= 15 is 0 Å². The molecule has 0 saturated carbocycles. The van der Waals surface area contributed by atoms with Crippen LogP contribution < -0.4 is 11.5 Å². The predicted octanol–water partition coefficient (Wildman–Crippen LogP) is -2.18. The minimum absolute atomic E-state index is 0.414. The lowest BCUT2D eigenvalue weighted by Gasteiger charge is -2.05. The highest BCUT2D eigenvalue weighted by Crippen LogP contribution is 1.91. The minimum Gasteiger partial charge on any atom is -0.479 e. The molecule has 0 aliphatic heterocycles. The summed E-state index contributed by atoms with van der Waals surface area (Å²) in [5.74, 6) is -2.98. The Morgan fingerprint density at radius 3 is 2.31 bits per heavy atom. The molecule has 0 fully saturated rings. The molecule has 0 radical (unpaired) electrons. The topological polar surface area (TPSA) is 133 Å². The number of primary amides is 1. The lowest BCUT2D eigenvalue weighted by Crippen LogP contribution is -2.38. The number of rotatable bonds is 5. The van der Waals surface area contributed by atoms with Crippen molar-refractivity contribution in [1.29, 1.82) is 0 Å². The van der Waals surface area contributed by atoms with Crippen molar-refractivity contribution < 1.29 is 24.2 Å². The first-order valence-electron chi connectivity index (χ1n) is 3.35. The van der Waals surface area contributed by atoms with Gasteiger partial charge in [-0.3, -0.25) is 9.59 Å². The third-order valence-corrected chi connectivity index (χ3v) is 1.11. The minimum atomic E-state index is -1.28. The van der Waals surface area contributed by atoms with Crippen molar-refractivity contribution in [3.05, 3.63) is 0 Å². The maximum atomic E-state index is 10.7. The van der Waals surface area contributed by atoms with Gasteiger partial charge >= 0.3 is 11.9 Å². The Morgan fingerprint density at radius 2 is 1.92 bits per heavy atom. The number of amides is 1. The van der Waals surface area contributed by atoms with E-state index in [-0.39, 0.29) is 0 Å². The summed E-state index contributed by atoms with van der Waals surface area (Å²) in [7, 11) is 0. The van der Waals surface area contributed by atoms with Crippen molar-refractivity contribution >= 4 is 17.8 Å². The number of nitrogens with two attached hydrogens (primary N) is 2. The molecule has 7 nitrogen and oxygen atoms in total. The van der Waals surface area contributed by atoms with Gasteiger partial charge in [0, 0.05) is 0 Å². The lowest BCUT2D eigenvalue weighted by molar-refractivity contribution is -0.155. The van der Waals surface area contributed by atoms with Gasteiger partial charge in [-0.2, -0.15) is 0 Å². The fourth-order valence-electron chi connectivity index (χ4n) is 0.481. The molecule has 0 bridgehead atoms. The Balaban J connectivity index is 3.74. The number of ether oxygens (including phenoxy) is 1. The molecule has 0 aliphatic rings. The number of carboxylic acids is 1. The highest BCUT2D eigenvalue weighted by atomic mass is 16.5. The maximum absolute atomic E-state index is 10.7. The van der Waals surface area contributed by atoms with E-state index in [1.54, 1.807) is 0 Å². The fourth-order valence-corrected chi connectivity index (χ4v) is 0.481. The Bertz CT molecular complexity index is 227. The quantitative estimate of drug-likeness (QED) is 0.422. The van der Waals surface area contributed by atoms with Crippen LogP contribution in [0.1, 0.15) is 6.42 Å². The molecule has 7 heteroatoms. The number of hydrogen-bond acceptors (Lipinski definition) is 5. The molecule has 0 aromatic carbocycles. The largest absolute Gasteiger partial charge is 0.479 e. The van der Waals surface area contributed by atoms with Gasteiger partial charge in [-0.05, 0) is 0 Å². The summed E-state index contributed by atoms with van der Waals surface area (Å²) in [5, 5.41) is 8.11. The van der Waals surface area contributed by atoms with E-state index in [0.717, 1.165) is 0 Å². The monoisotopic (exact) mass is 190 g/mol. The summed E-state index contributed by atoms with van der Waals surface area (Å²) in [4.78, 5) is 31.0. The van der Waals surface area contributed by atoms with Crippen molar-refractivity contribution in [3.8, 4) is 0 Å². The van der Waals surface area contributed by atoms with Gasteiger partial charge in [-0.1, -0.05) is 0 Å². The second-order valence-electron chi connectivity index (χ2n) is 2.27. The van der Waals surface area contributed by atoms with E-state index in [2.05, 4.69) is 4.74 Å². The van der Waals surface area contributed by atoms with Gasteiger partial charge in [0.25, 0.3) is 0 Å². The Hall–Kier alpha value is -1.63. The first kappa shape index (κ1) is 11.4. The van der Waals surface area contributed by atoms with Crippen molar-refractivity contribution in [2.75, 3.05) is 6.61 Å². The third-order valence-electron chi connectivity index (χ3n) is 1.11. The Kier molecular flexibility index (Phi) is 4.45. The second kappa shape index (κ2) is 5.09. The van der Waals surface area contributed by atoms with E-state index in [1.165, 1.54) is 0 Å². The van der Waals surface area contributed by atoms with Crippen molar-refractivity contribution in [1.82, 2.24) is 0 Å². The molecule has 1 atom stereocenters. The van der Waals surface area contributed by atoms with Crippen LogP contribution >= 0.6 is 0 Å². The van der Waals surface area contributed by atoms with Gasteiger partial charge < -0.3 is 21.3 Å².